The lowest BCUT2D eigenvalue weighted by molar-refractivity contribution is -0.123. The molecule has 5 heteroatoms. The van der Waals surface area contributed by atoms with Crippen LogP contribution in [0.3, 0.4) is 0 Å². The highest BCUT2D eigenvalue weighted by molar-refractivity contribution is 5.98. The van der Waals surface area contributed by atoms with Crippen LogP contribution in [0.25, 0.3) is 10.8 Å². The summed E-state index contributed by atoms with van der Waals surface area (Å²) in [6.07, 6.45) is -0.778. The van der Waals surface area contributed by atoms with E-state index in [1.54, 1.807) is 19.1 Å². The number of carbonyl (C=O) groups excluding carboxylic acids is 2. The van der Waals surface area contributed by atoms with Gasteiger partial charge in [0.05, 0.1) is 18.3 Å². The van der Waals surface area contributed by atoms with Gasteiger partial charge in [-0.1, -0.05) is 42.5 Å². The summed E-state index contributed by atoms with van der Waals surface area (Å²) in [7, 11) is 0. The van der Waals surface area contributed by atoms with Crippen molar-refractivity contribution in [2.45, 2.75) is 39.6 Å². The summed E-state index contributed by atoms with van der Waals surface area (Å²) in [4.78, 5) is 24.7. The summed E-state index contributed by atoms with van der Waals surface area (Å²) in [5.74, 6) is -0.918. The Bertz CT molecular complexity index is 995. The molecule has 29 heavy (non-hydrogen) atoms. The number of ether oxygens (including phenoxy) is 2. The zero-order valence-electron chi connectivity index (χ0n) is 16.8. The molecule has 3 rings (SSSR count). The highest BCUT2D eigenvalue weighted by Crippen LogP contribution is 2.19. The summed E-state index contributed by atoms with van der Waals surface area (Å²) < 4.78 is 10.9. The second-order valence-electron chi connectivity index (χ2n) is 7.16. The van der Waals surface area contributed by atoms with E-state index in [1.807, 2.05) is 68.4 Å². The molecule has 0 saturated carbocycles. The Hall–Kier alpha value is -3.18. The molecule has 3 aromatic rings. The molecule has 0 unspecified atom stereocenters. The van der Waals surface area contributed by atoms with E-state index < -0.39 is 12.1 Å². The van der Waals surface area contributed by atoms with Gasteiger partial charge in [-0.2, -0.15) is 0 Å². The Morgan fingerprint density at radius 2 is 1.59 bits per heavy atom. The van der Waals surface area contributed by atoms with E-state index in [0.29, 0.717) is 17.9 Å². The normalized spacial score (nSPS) is 12.0. The fourth-order valence-electron chi connectivity index (χ4n) is 2.79. The number of hydrogen-bond acceptors (Lipinski definition) is 4. The predicted octanol–water partition coefficient (Wildman–Crippen LogP) is 4.95. The Kier molecular flexibility index (Phi) is 6.62. The van der Waals surface area contributed by atoms with Crippen LogP contribution in [0.1, 0.15) is 36.7 Å². The van der Waals surface area contributed by atoms with Crippen molar-refractivity contribution in [1.82, 2.24) is 0 Å². The molecule has 0 fully saturated rings. The van der Waals surface area contributed by atoms with Crippen molar-refractivity contribution in [3.63, 3.8) is 0 Å². The van der Waals surface area contributed by atoms with Gasteiger partial charge in [-0.3, -0.25) is 4.79 Å². The molecule has 0 spiro atoms. The van der Waals surface area contributed by atoms with Crippen LogP contribution in [0.5, 0.6) is 0 Å². The van der Waals surface area contributed by atoms with Gasteiger partial charge in [-0.25, -0.2) is 4.79 Å². The first-order valence-electron chi connectivity index (χ1n) is 9.63. The Labute approximate surface area is 170 Å². The number of fused-ring (bicyclic) bond motifs is 1. The maximum atomic E-state index is 12.4. The number of benzene rings is 3. The van der Waals surface area contributed by atoms with Crippen LogP contribution in [-0.2, 0) is 20.9 Å². The van der Waals surface area contributed by atoms with E-state index in [9.17, 15) is 9.59 Å². The van der Waals surface area contributed by atoms with Crippen LogP contribution in [-0.4, -0.2) is 24.1 Å². The van der Waals surface area contributed by atoms with Gasteiger partial charge >= 0.3 is 5.97 Å². The zero-order chi connectivity index (χ0) is 20.8. The standard InChI is InChI=1S/C24H25NO4/c1-16(2)28-15-18-8-10-20(11-9-18)24(27)29-17(3)23(26)25-22-13-12-19-6-4-5-7-21(19)14-22/h4-14,16-17H,15H2,1-3H3,(H,25,26)/t17-/m1/s1. The average Bonchev–Trinajstić information content (AvgIpc) is 2.72. The van der Waals surface area contributed by atoms with Gasteiger partial charge < -0.3 is 14.8 Å². The monoisotopic (exact) mass is 391 g/mol. The minimum atomic E-state index is -0.919. The van der Waals surface area contributed by atoms with Crippen molar-refractivity contribution in [2.24, 2.45) is 0 Å². The highest BCUT2D eigenvalue weighted by atomic mass is 16.5. The second kappa shape index (κ2) is 9.34. The van der Waals surface area contributed by atoms with Crippen molar-refractivity contribution >= 4 is 28.3 Å². The molecule has 0 heterocycles. The van der Waals surface area contributed by atoms with Crippen LogP contribution < -0.4 is 5.32 Å². The topological polar surface area (TPSA) is 64.6 Å². The second-order valence-corrected chi connectivity index (χ2v) is 7.16. The zero-order valence-corrected chi connectivity index (χ0v) is 16.8. The minimum absolute atomic E-state index is 0.140. The van der Waals surface area contributed by atoms with Gasteiger partial charge in [-0.15, -0.1) is 0 Å². The van der Waals surface area contributed by atoms with Crippen LogP contribution >= 0.6 is 0 Å². The first-order valence-corrected chi connectivity index (χ1v) is 9.63. The van der Waals surface area contributed by atoms with E-state index in [2.05, 4.69) is 5.32 Å². The number of nitrogens with one attached hydrogen (secondary N) is 1. The molecule has 0 aliphatic rings. The van der Waals surface area contributed by atoms with Crippen LogP contribution in [0, 0.1) is 0 Å². The molecule has 1 N–H and O–H groups in total. The maximum absolute atomic E-state index is 12.4. The molecule has 5 nitrogen and oxygen atoms in total. The van der Waals surface area contributed by atoms with Crippen molar-refractivity contribution in [3.8, 4) is 0 Å². The van der Waals surface area contributed by atoms with E-state index in [-0.39, 0.29) is 12.0 Å². The highest BCUT2D eigenvalue weighted by Gasteiger charge is 2.19. The van der Waals surface area contributed by atoms with Crippen LogP contribution in [0.4, 0.5) is 5.69 Å². The molecule has 0 radical (unpaired) electrons. The number of carbonyl (C=O) groups is 2. The van der Waals surface area contributed by atoms with Crippen LogP contribution in [0.15, 0.2) is 66.7 Å². The number of esters is 1. The summed E-state index contributed by atoms with van der Waals surface area (Å²) in [6.45, 7) is 5.98. The molecule has 0 saturated heterocycles. The maximum Gasteiger partial charge on any atom is 0.338 e. The van der Waals surface area contributed by atoms with Gasteiger partial charge in [-0.05, 0) is 61.4 Å². The summed E-state index contributed by atoms with van der Waals surface area (Å²) >= 11 is 0. The number of anilines is 1. The van der Waals surface area contributed by atoms with E-state index in [0.717, 1.165) is 16.3 Å². The van der Waals surface area contributed by atoms with Gasteiger partial charge in [0.25, 0.3) is 5.91 Å². The van der Waals surface area contributed by atoms with Crippen molar-refractivity contribution < 1.29 is 19.1 Å². The Balaban J connectivity index is 1.57. The largest absolute Gasteiger partial charge is 0.449 e. The molecule has 0 aliphatic carbocycles. The molecule has 1 amide bonds. The fraction of sp³-hybridized carbons (Fsp3) is 0.250. The molecular weight excluding hydrogens is 366 g/mol. The quantitative estimate of drug-likeness (QED) is 0.579. The van der Waals surface area contributed by atoms with Gasteiger partial charge in [0.15, 0.2) is 6.10 Å². The summed E-state index contributed by atoms with van der Waals surface area (Å²) in [5, 5.41) is 4.91. The van der Waals surface area contributed by atoms with Gasteiger partial charge in [0.1, 0.15) is 0 Å². The van der Waals surface area contributed by atoms with E-state index >= 15 is 0 Å². The van der Waals surface area contributed by atoms with Crippen molar-refractivity contribution in [1.29, 1.82) is 0 Å². The average molecular weight is 391 g/mol. The molecule has 3 aromatic carbocycles. The smallest absolute Gasteiger partial charge is 0.338 e. The molecule has 0 bridgehead atoms. The summed E-state index contributed by atoms with van der Waals surface area (Å²) in [5.41, 5.74) is 2.02. The lowest BCUT2D eigenvalue weighted by atomic mass is 10.1. The first kappa shape index (κ1) is 20.6. The fourth-order valence-corrected chi connectivity index (χ4v) is 2.79. The third kappa shape index (κ3) is 5.65. The molecule has 0 aromatic heterocycles. The third-order valence-electron chi connectivity index (χ3n) is 4.44. The summed E-state index contributed by atoms with van der Waals surface area (Å²) in [6, 6.07) is 20.5. The Morgan fingerprint density at radius 1 is 0.897 bits per heavy atom. The lowest BCUT2D eigenvalue weighted by Gasteiger charge is -2.14. The number of amides is 1. The Morgan fingerprint density at radius 3 is 2.28 bits per heavy atom. The molecule has 1 atom stereocenters. The molecular formula is C24H25NO4. The van der Waals surface area contributed by atoms with Crippen LogP contribution in [0.2, 0.25) is 0 Å². The SMILES string of the molecule is CC(C)OCc1ccc(C(=O)O[C@H](C)C(=O)Nc2ccc3ccccc3c2)cc1. The van der Waals surface area contributed by atoms with E-state index in [4.69, 9.17) is 9.47 Å². The number of rotatable bonds is 7. The van der Waals surface area contributed by atoms with Gasteiger partial charge in [0.2, 0.25) is 0 Å². The predicted molar refractivity (Wildman–Crippen MR) is 114 cm³/mol. The van der Waals surface area contributed by atoms with Crippen molar-refractivity contribution in [3.05, 3.63) is 77.9 Å². The first-order chi connectivity index (χ1) is 13.9. The van der Waals surface area contributed by atoms with E-state index in [1.165, 1.54) is 0 Å². The third-order valence-corrected chi connectivity index (χ3v) is 4.44. The molecule has 0 aliphatic heterocycles. The minimum Gasteiger partial charge on any atom is -0.449 e. The van der Waals surface area contributed by atoms with Gasteiger partial charge in [0, 0.05) is 5.69 Å². The lowest BCUT2D eigenvalue weighted by Crippen LogP contribution is -2.30. The van der Waals surface area contributed by atoms with Crippen molar-refractivity contribution in [2.75, 3.05) is 5.32 Å². The molecule has 150 valence electrons. The number of hydrogen-bond donors (Lipinski definition) is 1.